The van der Waals surface area contributed by atoms with E-state index in [-0.39, 0.29) is 11.9 Å². The van der Waals surface area contributed by atoms with Crippen molar-refractivity contribution in [1.82, 2.24) is 25.9 Å². The molecule has 2 aromatic heterocycles. The minimum atomic E-state index is -0.278. The number of aromatic amines is 1. The molecule has 1 amide bonds. The van der Waals surface area contributed by atoms with Crippen molar-refractivity contribution in [2.75, 3.05) is 0 Å². The van der Waals surface area contributed by atoms with Crippen LogP contribution in [0.5, 0.6) is 0 Å². The maximum Gasteiger partial charge on any atom is 0.263 e. The summed E-state index contributed by atoms with van der Waals surface area (Å²) in [5.41, 5.74) is 0. The number of hydrogen-bond donors (Lipinski definition) is 2. The molecule has 2 heterocycles. The summed E-state index contributed by atoms with van der Waals surface area (Å²) in [5, 5.41) is 18.0. The molecule has 2 rings (SSSR count). The Bertz CT molecular complexity index is 482. The van der Waals surface area contributed by atoms with Crippen LogP contribution in [0.4, 0.5) is 0 Å². The molecule has 1 atom stereocenters. The highest BCUT2D eigenvalue weighted by Crippen LogP contribution is 2.23. The standard InChI is InChI=1S/C8H8BrN5OS/c1-4(7-11-13-14-12-7)10-8(15)6-5(9)2-3-16-6/h2-4H,1H3,(H,10,15)(H,11,12,13,14). The Morgan fingerprint density at radius 1 is 1.69 bits per heavy atom. The first-order valence-corrected chi connectivity index (χ1v) is 6.13. The number of nitrogens with one attached hydrogen (secondary N) is 2. The summed E-state index contributed by atoms with van der Waals surface area (Å²) in [6.07, 6.45) is 0. The molecule has 0 aromatic carbocycles. The first-order valence-electron chi connectivity index (χ1n) is 4.45. The molecule has 0 fully saturated rings. The Morgan fingerprint density at radius 2 is 2.50 bits per heavy atom. The highest BCUT2D eigenvalue weighted by molar-refractivity contribution is 9.10. The van der Waals surface area contributed by atoms with Crippen molar-refractivity contribution >= 4 is 33.2 Å². The predicted octanol–water partition coefficient (Wildman–Crippen LogP) is 1.51. The smallest absolute Gasteiger partial charge is 0.263 e. The molecule has 2 N–H and O–H groups in total. The Morgan fingerprint density at radius 3 is 3.06 bits per heavy atom. The van der Waals surface area contributed by atoms with Gasteiger partial charge in [0.2, 0.25) is 0 Å². The monoisotopic (exact) mass is 301 g/mol. The number of rotatable bonds is 3. The summed E-state index contributed by atoms with van der Waals surface area (Å²) in [6.45, 7) is 1.80. The molecule has 0 saturated heterocycles. The van der Waals surface area contributed by atoms with Gasteiger partial charge in [0.15, 0.2) is 5.82 Å². The highest BCUT2D eigenvalue weighted by atomic mass is 79.9. The van der Waals surface area contributed by atoms with Crippen molar-refractivity contribution in [1.29, 1.82) is 0 Å². The lowest BCUT2D eigenvalue weighted by Crippen LogP contribution is -2.26. The van der Waals surface area contributed by atoms with Gasteiger partial charge in [-0.05, 0) is 34.3 Å². The van der Waals surface area contributed by atoms with E-state index < -0.39 is 0 Å². The Balaban J connectivity index is 2.06. The van der Waals surface area contributed by atoms with Gasteiger partial charge in [-0.1, -0.05) is 5.21 Å². The van der Waals surface area contributed by atoms with Crippen LogP contribution in [0.3, 0.4) is 0 Å². The number of amides is 1. The molecule has 0 spiro atoms. The summed E-state index contributed by atoms with van der Waals surface area (Å²) in [6, 6.07) is 1.55. The van der Waals surface area contributed by atoms with Gasteiger partial charge in [0.05, 0.1) is 6.04 Å². The van der Waals surface area contributed by atoms with Crippen molar-refractivity contribution in [2.24, 2.45) is 0 Å². The van der Waals surface area contributed by atoms with E-state index in [9.17, 15) is 4.79 Å². The predicted molar refractivity (Wildman–Crippen MR) is 62.1 cm³/mol. The summed E-state index contributed by atoms with van der Waals surface area (Å²) in [5.74, 6) is 0.306. The zero-order chi connectivity index (χ0) is 11.5. The van der Waals surface area contributed by atoms with E-state index >= 15 is 0 Å². The van der Waals surface area contributed by atoms with Crippen LogP contribution in [0.2, 0.25) is 0 Å². The van der Waals surface area contributed by atoms with Gasteiger partial charge < -0.3 is 5.32 Å². The second-order valence-corrected chi connectivity index (χ2v) is 4.83. The summed E-state index contributed by atoms with van der Waals surface area (Å²) < 4.78 is 0.787. The third-order valence-electron chi connectivity index (χ3n) is 1.92. The maximum absolute atomic E-state index is 11.8. The summed E-state index contributed by atoms with van der Waals surface area (Å²) >= 11 is 4.68. The number of H-pyrrole nitrogens is 1. The molecule has 1 unspecified atom stereocenters. The van der Waals surface area contributed by atoms with E-state index in [2.05, 4.69) is 41.9 Å². The first kappa shape index (κ1) is 11.2. The van der Waals surface area contributed by atoms with Crippen LogP contribution in [0, 0.1) is 0 Å². The fourth-order valence-electron chi connectivity index (χ4n) is 1.14. The first-order chi connectivity index (χ1) is 7.68. The average Bonchev–Trinajstić information content (AvgIpc) is 2.86. The molecule has 0 aliphatic rings. The third-order valence-corrected chi connectivity index (χ3v) is 3.76. The maximum atomic E-state index is 11.8. The minimum absolute atomic E-state index is 0.154. The Labute approximate surface area is 104 Å². The van der Waals surface area contributed by atoms with Gasteiger partial charge in [0, 0.05) is 4.47 Å². The van der Waals surface area contributed by atoms with Crippen molar-refractivity contribution < 1.29 is 4.79 Å². The van der Waals surface area contributed by atoms with Crippen LogP contribution in [-0.4, -0.2) is 26.5 Å². The zero-order valence-electron chi connectivity index (χ0n) is 8.27. The van der Waals surface area contributed by atoms with Crippen LogP contribution < -0.4 is 5.32 Å². The molecule has 16 heavy (non-hydrogen) atoms. The van der Waals surface area contributed by atoms with E-state index in [0.29, 0.717) is 10.7 Å². The van der Waals surface area contributed by atoms with Gasteiger partial charge in [-0.3, -0.25) is 4.79 Å². The van der Waals surface area contributed by atoms with Crippen LogP contribution >= 0.6 is 27.3 Å². The number of tetrazole rings is 1. The number of thiophene rings is 1. The zero-order valence-corrected chi connectivity index (χ0v) is 10.7. The molecular weight excluding hydrogens is 294 g/mol. The lowest BCUT2D eigenvalue weighted by Gasteiger charge is -2.08. The van der Waals surface area contributed by atoms with E-state index in [1.807, 2.05) is 11.4 Å². The Hall–Kier alpha value is -1.28. The fraction of sp³-hybridized carbons (Fsp3) is 0.250. The van der Waals surface area contributed by atoms with Crippen molar-refractivity contribution in [3.63, 3.8) is 0 Å². The summed E-state index contributed by atoms with van der Waals surface area (Å²) in [4.78, 5) is 12.4. The Kier molecular flexibility index (Phi) is 3.30. The summed E-state index contributed by atoms with van der Waals surface area (Å²) in [7, 11) is 0. The van der Waals surface area contributed by atoms with Crippen LogP contribution in [-0.2, 0) is 0 Å². The van der Waals surface area contributed by atoms with Crippen LogP contribution in [0.15, 0.2) is 15.9 Å². The SMILES string of the molecule is CC(NC(=O)c1sccc1Br)c1nn[nH]n1. The second kappa shape index (κ2) is 4.71. The van der Waals surface area contributed by atoms with Gasteiger partial charge in [0.25, 0.3) is 5.91 Å². The minimum Gasteiger partial charge on any atom is -0.341 e. The van der Waals surface area contributed by atoms with Gasteiger partial charge in [-0.25, -0.2) is 0 Å². The normalized spacial score (nSPS) is 12.4. The van der Waals surface area contributed by atoms with Crippen LogP contribution in [0.25, 0.3) is 0 Å². The van der Waals surface area contributed by atoms with Gasteiger partial charge >= 0.3 is 0 Å². The van der Waals surface area contributed by atoms with Gasteiger partial charge in [-0.2, -0.15) is 5.21 Å². The topological polar surface area (TPSA) is 83.6 Å². The molecule has 84 valence electrons. The average molecular weight is 302 g/mol. The van der Waals surface area contributed by atoms with E-state index in [1.165, 1.54) is 11.3 Å². The molecule has 0 aliphatic heterocycles. The van der Waals surface area contributed by atoms with Crippen molar-refractivity contribution in [3.05, 3.63) is 26.6 Å². The number of halogens is 1. The quantitative estimate of drug-likeness (QED) is 0.900. The molecule has 2 aromatic rings. The van der Waals surface area contributed by atoms with E-state index in [4.69, 9.17) is 0 Å². The lowest BCUT2D eigenvalue weighted by atomic mass is 10.3. The van der Waals surface area contributed by atoms with Crippen molar-refractivity contribution in [2.45, 2.75) is 13.0 Å². The number of carbonyl (C=O) groups is 1. The third kappa shape index (κ3) is 2.27. The fourth-order valence-corrected chi connectivity index (χ4v) is 2.59. The molecule has 0 radical (unpaired) electrons. The molecule has 0 aliphatic carbocycles. The molecule has 6 nitrogen and oxygen atoms in total. The van der Waals surface area contributed by atoms with Gasteiger partial charge in [0.1, 0.15) is 4.88 Å². The van der Waals surface area contributed by atoms with E-state index in [0.717, 1.165) is 4.47 Å². The lowest BCUT2D eigenvalue weighted by molar-refractivity contribution is 0.0941. The van der Waals surface area contributed by atoms with Crippen molar-refractivity contribution in [3.8, 4) is 0 Å². The molecule has 0 saturated carbocycles. The number of nitrogens with zero attached hydrogens (tertiary/aromatic N) is 3. The van der Waals surface area contributed by atoms with E-state index in [1.54, 1.807) is 6.92 Å². The largest absolute Gasteiger partial charge is 0.341 e. The number of aromatic nitrogens is 4. The van der Waals surface area contributed by atoms with Gasteiger partial charge in [-0.15, -0.1) is 21.5 Å². The molecule has 8 heteroatoms. The second-order valence-electron chi connectivity index (χ2n) is 3.06. The van der Waals surface area contributed by atoms with Crippen LogP contribution in [0.1, 0.15) is 28.5 Å². The highest BCUT2D eigenvalue weighted by Gasteiger charge is 2.17. The molecule has 0 bridgehead atoms. The number of hydrogen-bond acceptors (Lipinski definition) is 5. The molecular formula is C8H8BrN5OS. The number of carbonyl (C=O) groups excluding carboxylic acids is 1.